The van der Waals surface area contributed by atoms with Crippen molar-refractivity contribution in [1.82, 2.24) is 5.32 Å². The number of carbonyl (C=O) groups excluding carboxylic acids is 1. The van der Waals surface area contributed by atoms with Crippen LogP contribution < -0.4 is 5.32 Å². The number of nitrogens with one attached hydrogen (secondary N) is 1. The molecule has 2 aromatic rings. The maximum atomic E-state index is 12.5. The molecule has 2 aromatic carbocycles. The van der Waals surface area contributed by atoms with Gasteiger partial charge in [0.05, 0.1) is 9.85 Å². The van der Waals surface area contributed by atoms with Gasteiger partial charge in [-0.2, -0.15) is 0 Å². The number of benzene rings is 2. The molecule has 0 bridgehead atoms. The molecule has 1 saturated heterocycles. The van der Waals surface area contributed by atoms with E-state index in [-0.39, 0.29) is 35.2 Å². The summed E-state index contributed by atoms with van der Waals surface area (Å²) >= 11 is 0. The number of carbonyl (C=O) groups is 1. The fourth-order valence-electron chi connectivity index (χ4n) is 3.22. The van der Waals surface area contributed by atoms with Crippen LogP contribution in [-0.2, 0) is 4.79 Å². The first-order chi connectivity index (χ1) is 12.4. The Morgan fingerprint density at radius 3 is 1.81 bits per heavy atom. The van der Waals surface area contributed by atoms with Crippen molar-refractivity contribution >= 4 is 17.2 Å². The van der Waals surface area contributed by atoms with Gasteiger partial charge in [-0.3, -0.25) is 25.0 Å². The molecule has 0 spiro atoms. The van der Waals surface area contributed by atoms with Gasteiger partial charge in [-0.15, -0.1) is 0 Å². The SMILES string of the molecule is C[C@@H]1C(=O)C[C@@H](c2ccc([N+](=O)[O-])cc2)N[C@H]1c1ccc([N+](=O)[O-])cc1. The molecule has 0 amide bonds. The second-order valence-electron chi connectivity index (χ2n) is 6.35. The molecule has 0 radical (unpaired) electrons. The summed E-state index contributed by atoms with van der Waals surface area (Å²) in [7, 11) is 0. The monoisotopic (exact) mass is 355 g/mol. The predicted molar refractivity (Wildman–Crippen MR) is 93.6 cm³/mol. The highest BCUT2D eigenvalue weighted by Crippen LogP contribution is 2.35. The summed E-state index contributed by atoms with van der Waals surface area (Å²) in [4.78, 5) is 33.1. The molecular weight excluding hydrogens is 338 g/mol. The Bertz CT molecular complexity index is 848. The number of non-ortho nitro benzene ring substituents is 2. The molecule has 1 aliphatic rings. The summed E-state index contributed by atoms with van der Waals surface area (Å²) in [5.74, 6) is -0.193. The molecule has 8 heteroatoms. The van der Waals surface area contributed by atoms with Gasteiger partial charge in [0.15, 0.2) is 0 Å². The lowest BCUT2D eigenvalue weighted by Crippen LogP contribution is -2.41. The van der Waals surface area contributed by atoms with Crippen molar-refractivity contribution in [2.75, 3.05) is 0 Å². The average molecular weight is 355 g/mol. The highest BCUT2D eigenvalue weighted by Gasteiger charge is 2.35. The normalized spacial score (nSPS) is 22.8. The Morgan fingerprint density at radius 2 is 1.35 bits per heavy atom. The van der Waals surface area contributed by atoms with E-state index < -0.39 is 9.85 Å². The smallest absolute Gasteiger partial charge is 0.269 e. The predicted octanol–water partition coefficient (Wildman–Crippen LogP) is 3.48. The van der Waals surface area contributed by atoms with Crippen LogP contribution in [0.2, 0.25) is 0 Å². The van der Waals surface area contributed by atoms with E-state index in [1.165, 1.54) is 24.3 Å². The summed E-state index contributed by atoms with van der Waals surface area (Å²) in [5, 5.41) is 25.0. The number of Topliss-reactive ketones (excluding diaryl/α,β-unsaturated/α-hetero) is 1. The van der Waals surface area contributed by atoms with Gasteiger partial charge in [0.25, 0.3) is 11.4 Å². The van der Waals surface area contributed by atoms with Gasteiger partial charge < -0.3 is 5.32 Å². The number of rotatable bonds is 4. The average Bonchev–Trinajstić information content (AvgIpc) is 2.64. The van der Waals surface area contributed by atoms with Gasteiger partial charge in [-0.1, -0.05) is 31.2 Å². The highest BCUT2D eigenvalue weighted by atomic mass is 16.6. The van der Waals surface area contributed by atoms with Gasteiger partial charge in [0.1, 0.15) is 5.78 Å². The molecule has 1 N–H and O–H groups in total. The van der Waals surface area contributed by atoms with Gasteiger partial charge in [-0.05, 0) is 11.1 Å². The van der Waals surface area contributed by atoms with E-state index in [2.05, 4.69) is 5.32 Å². The van der Waals surface area contributed by atoms with E-state index >= 15 is 0 Å². The zero-order valence-electron chi connectivity index (χ0n) is 14.0. The number of hydrogen-bond donors (Lipinski definition) is 1. The zero-order valence-corrected chi connectivity index (χ0v) is 14.0. The summed E-state index contributed by atoms with van der Waals surface area (Å²) in [6.07, 6.45) is 0.294. The van der Waals surface area contributed by atoms with Crippen LogP contribution in [0.3, 0.4) is 0 Å². The summed E-state index contributed by atoms with van der Waals surface area (Å²) in [5.41, 5.74) is 1.58. The van der Waals surface area contributed by atoms with Crippen molar-refractivity contribution in [3.05, 3.63) is 79.9 Å². The molecule has 0 aromatic heterocycles. The summed E-state index contributed by atoms with van der Waals surface area (Å²) in [6, 6.07) is 11.7. The van der Waals surface area contributed by atoms with Gasteiger partial charge in [-0.25, -0.2) is 0 Å². The number of nitro benzene ring substituents is 2. The minimum absolute atomic E-state index is 0.00354. The number of hydrogen-bond acceptors (Lipinski definition) is 6. The third kappa shape index (κ3) is 3.45. The van der Waals surface area contributed by atoms with Crippen molar-refractivity contribution in [3.63, 3.8) is 0 Å². The molecule has 0 unspecified atom stereocenters. The Morgan fingerprint density at radius 1 is 0.885 bits per heavy atom. The Balaban J connectivity index is 1.85. The number of nitro groups is 2. The molecule has 1 heterocycles. The van der Waals surface area contributed by atoms with Crippen LogP contribution >= 0.6 is 0 Å². The van der Waals surface area contributed by atoms with Crippen LogP contribution in [0.1, 0.15) is 36.6 Å². The maximum absolute atomic E-state index is 12.5. The van der Waals surface area contributed by atoms with E-state index in [1.54, 1.807) is 24.3 Å². The van der Waals surface area contributed by atoms with Gasteiger partial charge >= 0.3 is 0 Å². The Hall–Kier alpha value is -3.13. The van der Waals surface area contributed by atoms with Crippen molar-refractivity contribution in [2.45, 2.75) is 25.4 Å². The Labute approximate surface area is 149 Å². The van der Waals surface area contributed by atoms with E-state index in [0.29, 0.717) is 6.42 Å². The van der Waals surface area contributed by atoms with Gasteiger partial charge in [0.2, 0.25) is 0 Å². The molecule has 3 rings (SSSR count). The third-order valence-corrected chi connectivity index (χ3v) is 4.76. The third-order valence-electron chi connectivity index (χ3n) is 4.76. The summed E-state index contributed by atoms with van der Waals surface area (Å²) < 4.78 is 0. The van der Waals surface area contributed by atoms with E-state index in [0.717, 1.165) is 11.1 Å². The summed E-state index contributed by atoms with van der Waals surface area (Å²) in [6.45, 7) is 1.83. The minimum atomic E-state index is -0.467. The molecule has 134 valence electrons. The van der Waals surface area contributed by atoms with Crippen LogP contribution in [0.25, 0.3) is 0 Å². The van der Waals surface area contributed by atoms with Crippen molar-refractivity contribution < 1.29 is 14.6 Å². The van der Waals surface area contributed by atoms with Crippen molar-refractivity contribution in [3.8, 4) is 0 Å². The van der Waals surface area contributed by atoms with Crippen LogP contribution in [0.5, 0.6) is 0 Å². The second kappa shape index (κ2) is 7.01. The first-order valence-electron chi connectivity index (χ1n) is 8.14. The fraction of sp³-hybridized carbons (Fsp3) is 0.278. The first kappa shape index (κ1) is 17.7. The molecule has 0 aliphatic carbocycles. The lowest BCUT2D eigenvalue weighted by Gasteiger charge is -2.35. The molecule has 1 fully saturated rings. The molecule has 8 nitrogen and oxygen atoms in total. The quantitative estimate of drug-likeness (QED) is 0.663. The maximum Gasteiger partial charge on any atom is 0.269 e. The zero-order chi connectivity index (χ0) is 18.8. The lowest BCUT2D eigenvalue weighted by molar-refractivity contribution is -0.385. The molecule has 1 aliphatic heterocycles. The Kier molecular flexibility index (Phi) is 4.77. The molecule has 3 atom stereocenters. The molecule has 26 heavy (non-hydrogen) atoms. The molecular formula is C18H17N3O5. The van der Waals surface area contributed by atoms with E-state index in [4.69, 9.17) is 0 Å². The second-order valence-corrected chi connectivity index (χ2v) is 6.35. The molecule has 0 saturated carbocycles. The van der Waals surface area contributed by atoms with Crippen molar-refractivity contribution in [2.24, 2.45) is 5.92 Å². The van der Waals surface area contributed by atoms with E-state index in [9.17, 15) is 25.0 Å². The number of ketones is 1. The minimum Gasteiger partial charge on any atom is -0.302 e. The van der Waals surface area contributed by atoms with Crippen LogP contribution in [0, 0.1) is 26.1 Å². The number of piperidine rings is 1. The van der Waals surface area contributed by atoms with Crippen LogP contribution in [0.4, 0.5) is 11.4 Å². The first-order valence-corrected chi connectivity index (χ1v) is 8.14. The largest absolute Gasteiger partial charge is 0.302 e. The van der Waals surface area contributed by atoms with Crippen molar-refractivity contribution in [1.29, 1.82) is 0 Å². The van der Waals surface area contributed by atoms with Crippen LogP contribution in [-0.4, -0.2) is 15.6 Å². The topological polar surface area (TPSA) is 115 Å². The standard InChI is InChI=1S/C18H17N3O5/c1-11-17(22)10-16(12-2-6-14(7-3-12)20(23)24)19-18(11)13-4-8-15(9-5-13)21(25)26/h2-9,11,16,18-19H,10H2,1H3/t11-,16+,18-/m1/s1. The number of nitrogens with zero attached hydrogens (tertiary/aromatic N) is 2. The fourth-order valence-corrected chi connectivity index (χ4v) is 3.22. The highest BCUT2D eigenvalue weighted by molar-refractivity contribution is 5.83. The van der Waals surface area contributed by atoms with Crippen LogP contribution in [0.15, 0.2) is 48.5 Å². The van der Waals surface area contributed by atoms with E-state index in [1.807, 2.05) is 6.92 Å². The lowest BCUT2D eigenvalue weighted by atomic mass is 9.82. The van der Waals surface area contributed by atoms with Gasteiger partial charge in [0, 0.05) is 48.7 Å².